The van der Waals surface area contributed by atoms with Crippen molar-refractivity contribution >= 4 is 17.5 Å². The molecule has 172 valence electrons. The number of hydrogen-bond donors (Lipinski definition) is 1. The molecular formula is C24H41NO5. The monoisotopic (exact) mass is 423 g/mol. The Kier molecular flexibility index (Phi) is 7.89. The van der Waals surface area contributed by atoms with Gasteiger partial charge in [-0.05, 0) is 32.1 Å². The zero-order valence-corrected chi connectivity index (χ0v) is 20.0. The lowest BCUT2D eigenvalue weighted by Gasteiger charge is -2.36. The fourth-order valence-corrected chi connectivity index (χ4v) is 4.96. The molecule has 6 heteroatoms. The fraction of sp³-hybridized carbons (Fsp3) is 0.875. The van der Waals surface area contributed by atoms with E-state index in [1.807, 2.05) is 20.8 Å². The number of hydrogen-bond acceptors (Lipinski definition) is 6. The Hall–Kier alpha value is -1.27. The van der Waals surface area contributed by atoms with Crippen LogP contribution in [-0.4, -0.2) is 48.4 Å². The third-order valence-corrected chi connectivity index (χ3v) is 7.90. The number of ether oxygens (including phenoxy) is 2. The molecule has 2 aliphatic rings. The Morgan fingerprint density at radius 1 is 1.17 bits per heavy atom. The summed E-state index contributed by atoms with van der Waals surface area (Å²) in [5, 5.41) is 3.49. The number of cyclic esters (lactones) is 1. The Morgan fingerprint density at radius 2 is 1.80 bits per heavy atom. The van der Waals surface area contributed by atoms with Crippen molar-refractivity contribution in [3.63, 3.8) is 0 Å². The molecule has 2 fully saturated rings. The summed E-state index contributed by atoms with van der Waals surface area (Å²) >= 11 is 0. The molecule has 1 N–H and O–H groups in total. The van der Waals surface area contributed by atoms with E-state index in [1.165, 1.54) is 14.0 Å². The summed E-state index contributed by atoms with van der Waals surface area (Å²) in [4.78, 5) is 38.2. The van der Waals surface area contributed by atoms with Crippen LogP contribution in [0.4, 0.5) is 0 Å². The Labute approximate surface area is 181 Å². The average Bonchev–Trinajstić information content (AvgIpc) is 3.31. The van der Waals surface area contributed by atoms with Crippen LogP contribution in [0, 0.1) is 23.2 Å². The molecule has 0 aromatic heterocycles. The quantitative estimate of drug-likeness (QED) is 0.538. The molecule has 2 saturated heterocycles. The minimum Gasteiger partial charge on any atom is -0.454 e. The first-order valence-corrected chi connectivity index (χ1v) is 11.4. The molecule has 30 heavy (non-hydrogen) atoms. The van der Waals surface area contributed by atoms with Gasteiger partial charge in [0.1, 0.15) is 5.78 Å². The second-order valence-electron chi connectivity index (χ2n) is 10.5. The number of carbonyl (C=O) groups excluding carboxylic acids is 3. The summed E-state index contributed by atoms with van der Waals surface area (Å²) in [6.07, 6.45) is 2.19. The molecule has 6 nitrogen and oxygen atoms in total. The fourth-order valence-electron chi connectivity index (χ4n) is 4.96. The van der Waals surface area contributed by atoms with Crippen molar-refractivity contribution < 1.29 is 23.9 Å². The SMILES string of the molecule is CO[C@H]1CC(=O)O[C@H](C(C)=O)C[C@@H]2N[C@]2(C)CCC[C@H](C)[C@H](C)[C@@H](C)C(=O)C1(C)C. The van der Waals surface area contributed by atoms with Gasteiger partial charge in [0.2, 0.25) is 0 Å². The van der Waals surface area contributed by atoms with Gasteiger partial charge >= 0.3 is 5.97 Å². The number of ketones is 2. The van der Waals surface area contributed by atoms with E-state index in [9.17, 15) is 14.4 Å². The van der Waals surface area contributed by atoms with Crippen LogP contribution in [0.15, 0.2) is 0 Å². The van der Waals surface area contributed by atoms with E-state index in [0.29, 0.717) is 12.3 Å². The maximum Gasteiger partial charge on any atom is 0.309 e. The van der Waals surface area contributed by atoms with Crippen molar-refractivity contribution in [1.29, 1.82) is 0 Å². The molecule has 2 aliphatic heterocycles. The zero-order chi connectivity index (χ0) is 22.9. The number of Topliss-reactive ketones (excluding diaryl/α,β-unsaturated/α-hetero) is 2. The average molecular weight is 424 g/mol. The molecule has 0 saturated carbocycles. The molecule has 0 radical (unpaired) electrons. The molecule has 7 atom stereocenters. The van der Waals surface area contributed by atoms with E-state index in [-0.39, 0.29) is 41.4 Å². The Bertz CT molecular complexity index is 660. The van der Waals surface area contributed by atoms with Gasteiger partial charge in [-0.2, -0.15) is 0 Å². The highest BCUT2D eigenvalue weighted by atomic mass is 16.5. The van der Waals surface area contributed by atoms with Crippen LogP contribution in [0.3, 0.4) is 0 Å². The first-order valence-electron chi connectivity index (χ1n) is 11.4. The normalized spacial score (nSPS) is 40.9. The standard InChI is InChI=1S/C24H41NO5/c1-14-10-9-11-24(7)19(25-24)12-18(17(4)26)30-21(27)13-20(29-8)23(5,6)22(28)16(3)15(14)2/h14-16,18-20,25H,9-13H2,1-8H3/t14-,15-,16+,18-,19-,20-,24+/m0/s1. The zero-order valence-electron chi connectivity index (χ0n) is 20.0. The van der Waals surface area contributed by atoms with E-state index in [2.05, 4.69) is 26.1 Å². The minimum absolute atomic E-state index is 0.0153. The van der Waals surface area contributed by atoms with Gasteiger partial charge in [-0.3, -0.25) is 14.4 Å². The van der Waals surface area contributed by atoms with Gasteiger partial charge in [0.25, 0.3) is 0 Å². The van der Waals surface area contributed by atoms with Gasteiger partial charge < -0.3 is 14.8 Å². The summed E-state index contributed by atoms with van der Waals surface area (Å²) in [6, 6.07) is 0.176. The summed E-state index contributed by atoms with van der Waals surface area (Å²) in [5.74, 6) is -0.0137. The highest BCUT2D eigenvalue weighted by Crippen LogP contribution is 2.39. The minimum atomic E-state index is -0.833. The van der Waals surface area contributed by atoms with E-state index in [4.69, 9.17) is 9.47 Å². The molecule has 0 aromatic rings. The molecule has 2 rings (SSSR count). The Morgan fingerprint density at radius 3 is 2.37 bits per heavy atom. The van der Waals surface area contributed by atoms with Gasteiger partial charge in [0, 0.05) is 31.0 Å². The lowest BCUT2D eigenvalue weighted by molar-refractivity contribution is -0.160. The predicted octanol–water partition coefficient (Wildman–Crippen LogP) is 3.70. The van der Waals surface area contributed by atoms with Gasteiger partial charge in [-0.1, -0.05) is 47.5 Å². The van der Waals surface area contributed by atoms with E-state index >= 15 is 0 Å². The largest absolute Gasteiger partial charge is 0.454 e. The number of rotatable bonds is 2. The molecule has 0 amide bonds. The molecule has 0 spiro atoms. The number of fused-ring (bicyclic) bond motifs is 1. The number of esters is 1. The van der Waals surface area contributed by atoms with Crippen LogP contribution in [-0.2, 0) is 23.9 Å². The summed E-state index contributed by atoms with van der Waals surface area (Å²) in [7, 11) is 1.52. The smallest absolute Gasteiger partial charge is 0.309 e. The highest BCUT2D eigenvalue weighted by Gasteiger charge is 2.50. The van der Waals surface area contributed by atoms with E-state index in [0.717, 1.165) is 19.3 Å². The van der Waals surface area contributed by atoms with Gasteiger partial charge in [0.05, 0.1) is 17.9 Å². The number of carbonyl (C=O) groups is 3. The Balaban J connectivity index is 2.28. The molecule has 0 bridgehead atoms. The summed E-state index contributed by atoms with van der Waals surface area (Å²) < 4.78 is 11.1. The summed E-state index contributed by atoms with van der Waals surface area (Å²) in [6.45, 7) is 13.7. The van der Waals surface area contributed by atoms with Gasteiger partial charge in [-0.15, -0.1) is 0 Å². The van der Waals surface area contributed by atoms with E-state index in [1.54, 1.807) is 0 Å². The van der Waals surface area contributed by atoms with Crippen LogP contribution in [0.1, 0.15) is 80.6 Å². The molecule has 0 aliphatic carbocycles. The molecule has 2 heterocycles. The highest BCUT2D eigenvalue weighted by molar-refractivity contribution is 5.88. The third kappa shape index (κ3) is 5.50. The first-order chi connectivity index (χ1) is 13.8. The molecule has 0 unspecified atom stereocenters. The van der Waals surface area contributed by atoms with Gasteiger partial charge in [0.15, 0.2) is 11.9 Å². The maximum atomic E-state index is 13.4. The molecule has 0 aromatic carbocycles. The van der Waals surface area contributed by atoms with Crippen LogP contribution in [0.25, 0.3) is 0 Å². The van der Waals surface area contributed by atoms with Crippen LogP contribution in [0.5, 0.6) is 0 Å². The predicted molar refractivity (Wildman–Crippen MR) is 116 cm³/mol. The van der Waals surface area contributed by atoms with Crippen LogP contribution < -0.4 is 5.32 Å². The third-order valence-electron chi connectivity index (χ3n) is 7.90. The first kappa shape index (κ1) is 25.0. The topological polar surface area (TPSA) is 91.6 Å². The van der Waals surface area contributed by atoms with Crippen molar-refractivity contribution in [2.24, 2.45) is 23.2 Å². The van der Waals surface area contributed by atoms with E-state index < -0.39 is 23.6 Å². The van der Waals surface area contributed by atoms with Crippen LogP contribution in [0.2, 0.25) is 0 Å². The lowest BCUT2D eigenvalue weighted by atomic mass is 9.70. The van der Waals surface area contributed by atoms with Gasteiger partial charge in [-0.25, -0.2) is 0 Å². The second kappa shape index (κ2) is 9.47. The number of methoxy groups -OCH3 is 1. The summed E-state index contributed by atoms with van der Waals surface area (Å²) in [5.41, 5.74) is -0.848. The van der Waals surface area contributed by atoms with Crippen molar-refractivity contribution in [3.05, 3.63) is 0 Å². The van der Waals surface area contributed by atoms with Crippen molar-refractivity contribution in [2.45, 2.75) is 104 Å². The second-order valence-corrected chi connectivity index (χ2v) is 10.5. The maximum absolute atomic E-state index is 13.4. The van der Waals surface area contributed by atoms with Crippen molar-refractivity contribution in [2.75, 3.05) is 7.11 Å². The van der Waals surface area contributed by atoms with Crippen LogP contribution >= 0.6 is 0 Å². The van der Waals surface area contributed by atoms with Crippen molar-refractivity contribution in [3.8, 4) is 0 Å². The molecular weight excluding hydrogens is 382 g/mol. The lowest BCUT2D eigenvalue weighted by Crippen LogP contribution is -2.45. The van der Waals surface area contributed by atoms with Crippen molar-refractivity contribution in [1.82, 2.24) is 5.32 Å². The number of nitrogens with one attached hydrogen (secondary N) is 1.